The van der Waals surface area contributed by atoms with Gasteiger partial charge in [-0.2, -0.15) is 5.26 Å². The third kappa shape index (κ3) is 4.51. The Bertz CT molecular complexity index is 715. The second-order valence-electron chi connectivity index (χ2n) is 7.40. The van der Waals surface area contributed by atoms with Crippen molar-refractivity contribution >= 4 is 0 Å². The van der Waals surface area contributed by atoms with Gasteiger partial charge in [-0.1, -0.05) is 69.4 Å². The molecule has 1 aliphatic rings. The fourth-order valence-electron chi connectivity index (χ4n) is 4.09. The summed E-state index contributed by atoms with van der Waals surface area (Å²) in [6.45, 7) is 2.27. The van der Waals surface area contributed by atoms with E-state index in [1.54, 1.807) is 5.56 Å². The van der Waals surface area contributed by atoms with Crippen molar-refractivity contribution in [3.8, 4) is 17.2 Å². The number of hydrogen-bond acceptors (Lipinski definition) is 1. The molecule has 2 aromatic rings. The molecule has 0 spiro atoms. The van der Waals surface area contributed by atoms with E-state index in [2.05, 4.69) is 43.3 Å². The fraction of sp³-hybridized carbons (Fsp3) is 0.458. The summed E-state index contributed by atoms with van der Waals surface area (Å²) in [4.78, 5) is 0. The number of rotatable bonds is 6. The van der Waals surface area contributed by atoms with Gasteiger partial charge in [-0.05, 0) is 66.0 Å². The van der Waals surface area contributed by atoms with Crippen molar-refractivity contribution in [2.45, 2.75) is 70.6 Å². The van der Waals surface area contributed by atoms with Crippen molar-refractivity contribution in [3.63, 3.8) is 0 Å². The zero-order valence-corrected chi connectivity index (χ0v) is 15.4. The lowest BCUT2D eigenvalue weighted by Gasteiger charge is -2.25. The summed E-state index contributed by atoms with van der Waals surface area (Å²) >= 11 is 0. The van der Waals surface area contributed by atoms with E-state index in [-0.39, 0.29) is 0 Å². The van der Waals surface area contributed by atoms with Crippen LogP contribution >= 0.6 is 0 Å². The van der Waals surface area contributed by atoms with E-state index in [0.29, 0.717) is 5.92 Å². The van der Waals surface area contributed by atoms with Crippen LogP contribution in [-0.4, -0.2) is 0 Å². The standard InChI is InChI=1S/C24H29N/c1-2-3-5-8-19-13-16-23(22-14-11-20(18-25)12-15-22)24(17-19)21-9-6-4-7-10-21/h11-17,21H,2-10H2,1H3. The summed E-state index contributed by atoms with van der Waals surface area (Å²) in [5.74, 6) is 0.700. The second kappa shape index (κ2) is 8.86. The van der Waals surface area contributed by atoms with Crippen LogP contribution in [0.4, 0.5) is 0 Å². The van der Waals surface area contributed by atoms with Gasteiger partial charge < -0.3 is 0 Å². The van der Waals surface area contributed by atoms with Crippen molar-refractivity contribution in [1.82, 2.24) is 0 Å². The molecule has 1 heteroatoms. The van der Waals surface area contributed by atoms with Crippen LogP contribution in [0.2, 0.25) is 0 Å². The van der Waals surface area contributed by atoms with Crippen molar-refractivity contribution in [1.29, 1.82) is 5.26 Å². The van der Waals surface area contributed by atoms with Crippen molar-refractivity contribution in [3.05, 3.63) is 59.2 Å². The van der Waals surface area contributed by atoms with E-state index in [1.807, 2.05) is 12.1 Å². The Balaban J connectivity index is 1.93. The minimum atomic E-state index is 0.700. The molecule has 25 heavy (non-hydrogen) atoms. The number of hydrogen-bond donors (Lipinski definition) is 0. The largest absolute Gasteiger partial charge is 0.192 e. The first-order valence-corrected chi connectivity index (χ1v) is 9.95. The van der Waals surface area contributed by atoms with Gasteiger partial charge in [-0.3, -0.25) is 0 Å². The molecule has 1 fully saturated rings. The fourth-order valence-corrected chi connectivity index (χ4v) is 4.09. The third-order valence-electron chi connectivity index (χ3n) is 5.55. The van der Waals surface area contributed by atoms with Gasteiger partial charge in [0.15, 0.2) is 0 Å². The van der Waals surface area contributed by atoms with E-state index in [9.17, 15) is 0 Å². The van der Waals surface area contributed by atoms with Crippen LogP contribution in [0.1, 0.15) is 80.9 Å². The van der Waals surface area contributed by atoms with E-state index < -0.39 is 0 Å². The van der Waals surface area contributed by atoms with Crippen LogP contribution in [0.15, 0.2) is 42.5 Å². The molecule has 0 atom stereocenters. The van der Waals surface area contributed by atoms with Gasteiger partial charge in [0.25, 0.3) is 0 Å². The molecule has 0 bridgehead atoms. The quantitative estimate of drug-likeness (QED) is 0.522. The van der Waals surface area contributed by atoms with Crippen molar-refractivity contribution in [2.24, 2.45) is 0 Å². The first-order valence-electron chi connectivity index (χ1n) is 9.95. The van der Waals surface area contributed by atoms with Crippen molar-refractivity contribution < 1.29 is 0 Å². The molecule has 0 aromatic heterocycles. The Kier molecular flexibility index (Phi) is 6.29. The zero-order valence-electron chi connectivity index (χ0n) is 15.4. The van der Waals surface area contributed by atoms with Crippen LogP contribution in [0.3, 0.4) is 0 Å². The molecule has 1 nitrogen and oxygen atoms in total. The maximum absolute atomic E-state index is 9.05. The summed E-state index contributed by atoms with van der Waals surface area (Å²) in [6, 6.07) is 17.4. The molecule has 0 N–H and O–H groups in total. The Morgan fingerprint density at radius 1 is 0.960 bits per heavy atom. The molecule has 130 valence electrons. The monoisotopic (exact) mass is 331 g/mol. The average Bonchev–Trinajstić information content (AvgIpc) is 2.69. The Labute approximate surface area is 152 Å². The molecule has 0 saturated heterocycles. The summed E-state index contributed by atoms with van der Waals surface area (Å²) in [5.41, 5.74) is 6.39. The van der Waals surface area contributed by atoms with E-state index in [1.165, 1.54) is 74.5 Å². The summed E-state index contributed by atoms with van der Waals surface area (Å²) in [6.07, 6.45) is 11.8. The highest BCUT2D eigenvalue weighted by Gasteiger charge is 2.19. The molecular formula is C24H29N. The van der Waals surface area contributed by atoms with Gasteiger partial charge in [-0.25, -0.2) is 0 Å². The lowest BCUT2D eigenvalue weighted by atomic mass is 9.80. The van der Waals surface area contributed by atoms with Crippen LogP contribution in [-0.2, 0) is 6.42 Å². The van der Waals surface area contributed by atoms with E-state index >= 15 is 0 Å². The molecule has 2 aromatic carbocycles. The van der Waals surface area contributed by atoms with Gasteiger partial charge >= 0.3 is 0 Å². The Morgan fingerprint density at radius 2 is 1.72 bits per heavy atom. The highest BCUT2D eigenvalue weighted by molar-refractivity contribution is 5.69. The number of benzene rings is 2. The highest BCUT2D eigenvalue weighted by Crippen LogP contribution is 2.38. The predicted octanol–water partition coefficient (Wildman–Crippen LogP) is 7.01. The van der Waals surface area contributed by atoms with Gasteiger partial charge in [0.2, 0.25) is 0 Å². The second-order valence-corrected chi connectivity index (χ2v) is 7.40. The topological polar surface area (TPSA) is 23.8 Å². The lowest BCUT2D eigenvalue weighted by molar-refractivity contribution is 0.444. The molecular weight excluding hydrogens is 302 g/mol. The lowest BCUT2D eigenvalue weighted by Crippen LogP contribution is -2.07. The summed E-state index contributed by atoms with van der Waals surface area (Å²) in [5, 5.41) is 9.05. The van der Waals surface area contributed by atoms with Crippen LogP contribution in [0, 0.1) is 11.3 Å². The van der Waals surface area contributed by atoms with Gasteiger partial charge in [-0.15, -0.1) is 0 Å². The number of aryl methyl sites for hydroxylation is 1. The number of nitriles is 1. The van der Waals surface area contributed by atoms with Gasteiger partial charge in [0.1, 0.15) is 0 Å². The Morgan fingerprint density at radius 3 is 2.40 bits per heavy atom. The highest BCUT2D eigenvalue weighted by atomic mass is 14.3. The van der Waals surface area contributed by atoms with Gasteiger partial charge in [0, 0.05) is 0 Å². The number of nitrogens with zero attached hydrogens (tertiary/aromatic N) is 1. The molecule has 0 amide bonds. The first-order chi connectivity index (χ1) is 12.3. The molecule has 3 rings (SSSR count). The maximum atomic E-state index is 9.05. The molecule has 0 aliphatic heterocycles. The summed E-state index contributed by atoms with van der Waals surface area (Å²) < 4.78 is 0. The maximum Gasteiger partial charge on any atom is 0.0991 e. The van der Waals surface area contributed by atoms with E-state index in [4.69, 9.17) is 5.26 Å². The average molecular weight is 332 g/mol. The van der Waals surface area contributed by atoms with Crippen LogP contribution in [0.25, 0.3) is 11.1 Å². The minimum Gasteiger partial charge on any atom is -0.192 e. The molecule has 1 aliphatic carbocycles. The first kappa shape index (κ1) is 17.7. The smallest absolute Gasteiger partial charge is 0.0991 e. The molecule has 0 radical (unpaired) electrons. The molecule has 0 heterocycles. The van der Waals surface area contributed by atoms with Gasteiger partial charge in [0.05, 0.1) is 11.6 Å². The summed E-state index contributed by atoms with van der Waals surface area (Å²) in [7, 11) is 0. The zero-order chi connectivity index (χ0) is 17.5. The number of unbranched alkanes of at least 4 members (excludes halogenated alkanes) is 2. The van der Waals surface area contributed by atoms with Crippen molar-refractivity contribution in [2.75, 3.05) is 0 Å². The van der Waals surface area contributed by atoms with Crippen LogP contribution < -0.4 is 0 Å². The van der Waals surface area contributed by atoms with E-state index in [0.717, 1.165) is 5.56 Å². The predicted molar refractivity (Wildman–Crippen MR) is 106 cm³/mol. The normalized spacial score (nSPS) is 15.0. The molecule has 0 unspecified atom stereocenters. The minimum absolute atomic E-state index is 0.700. The SMILES string of the molecule is CCCCCc1ccc(-c2ccc(C#N)cc2)c(C2CCCCC2)c1. The Hall–Kier alpha value is -2.07. The molecule has 1 saturated carbocycles. The van der Waals surface area contributed by atoms with Crippen LogP contribution in [0.5, 0.6) is 0 Å². The third-order valence-corrected chi connectivity index (χ3v) is 5.55.